The van der Waals surface area contributed by atoms with Gasteiger partial charge in [-0.05, 0) is 35.9 Å². The predicted molar refractivity (Wildman–Crippen MR) is 109 cm³/mol. The number of carbonyl (C=O) groups is 1. The van der Waals surface area contributed by atoms with E-state index in [1.165, 1.54) is 11.3 Å². The SMILES string of the molecule is COc1ccc2sc(C(=O)NCc3ccco3)c(OCc3ccccc3)c2c1. The van der Waals surface area contributed by atoms with E-state index in [2.05, 4.69) is 5.32 Å². The van der Waals surface area contributed by atoms with Crippen molar-refractivity contribution in [2.45, 2.75) is 13.2 Å². The van der Waals surface area contributed by atoms with Crippen LogP contribution in [0.1, 0.15) is 21.0 Å². The highest BCUT2D eigenvalue weighted by molar-refractivity contribution is 7.21. The number of furan rings is 1. The van der Waals surface area contributed by atoms with Crippen LogP contribution in [0.15, 0.2) is 71.3 Å². The average Bonchev–Trinajstić information content (AvgIpc) is 3.38. The molecule has 5 nitrogen and oxygen atoms in total. The third-order valence-corrected chi connectivity index (χ3v) is 5.44. The van der Waals surface area contributed by atoms with E-state index in [0.717, 1.165) is 21.4 Å². The van der Waals surface area contributed by atoms with E-state index in [0.29, 0.717) is 29.5 Å². The number of thiophene rings is 1. The molecule has 1 N–H and O–H groups in total. The molecule has 0 atom stereocenters. The van der Waals surface area contributed by atoms with Crippen LogP contribution in [0.25, 0.3) is 10.1 Å². The molecule has 4 rings (SSSR count). The molecule has 1 amide bonds. The van der Waals surface area contributed by atoms with Crippen LogP contribution < -0.4 is 14.8 Å². The van der Waals surface area contributed by atoms with Crippen LogP contribution in [0.3, 0.4) is 0 Å². The van der Waals surface area contributed by atoms with Gasteiger partial charge in [-0.1, -0.05) is 30.3 Å². The van der Waals surface area contributed by atoms with Crippen molar-refractivity contribution < 1.29 is 18.7 Å². The second kappa shape index (κ2) is 8.19. The van der Waals surface area contributed by atoms with Crippen LogP contribution in [-0.2, 0) is 13.2 Å². The van der Waals surface area contributed by atoms with Gasteiger partial charge in [-0.25, -0.2) is 0 Å². The van der Waals surface area contributed by atoms with Crippen LogP contribution >= 0.6 is 11.3 Å². The monoisotopic (exact) mass is 393 g/mol. The molecular weight excluding hydrogens is 374 g/mol. The molecule has 0 radical (unpaired) electrons. The fourth-order valence-electron chi connectivity index (χ4n) is 2.86. The van der Waals surface area contributed by atoms with Gasteiger partial charge in [0.05, 0.1) is 19.9 Å². The summed E-state index contributed by atoms with van der Waals surface area (Å²) < 4.78 is 17.7. The van der Waals surface area contributed by atoms with Crippen LogP contribution in [0.5, 0.6) is 11.5 Å². The molecule has 0 aliphatic carbocycles. The first-order valence-corrected chi connectivity index (χ1v) is 9.64. The summed E-state index contributed by atoms with van der Waals surface area (Å²) in [5.74, 6) is 1.79. The lowest BCUT2D eigenvalue weighted by Gasteiger charge is -2.09. The third kappa shape index (κ3) is 3.87. The summed E-state index contributed by atoms with van der Waals surface area (Å²) in [6.45, 7) is 0.698. The van der Waals surface area contributed by atoms with Crippen LogP contribution in [0.4, 0.5) is 0 Å². The van der Waals surface area contributed by atoms with Gasteiger partial charge < -0.3 is 19.2 Å². The summed E-state index contributed by atoms with van der Waals surface area (Å²) in [5, 5.41) is 3.76. The maximum Gasteiger partial charge on any atom is 0.265 e. The Morgan fingerprint density at radius 1 is 1.11 bits per heavy atom. The minimum absolute atomic E-state index is 0.195. The maximum atomic E-state index is 12.8. The van der Waals surface area contributed by atoms with Crippen molar-refractivity contribution in [1.82, 2.24) is 5.32 Å². The Hall–Kier alpha value is -3.25. The van der Waals surface area contributed by atoms with E-state index in [1.54, 1.807) is 19.4 Å². The lowest BCUT2D eigenvalue weighted by Crippen LogP contribution is -2.22. The molecule has 28 heavy (non-hydrogen) atoms. The Labute approximate surface area is 166 Å². The zero-order valence-corrected chi connectivity index (χ0v) is 16.1. The minimum atomic E-state index is -0.195. The molecule has 142 valence electrons. The standard InChI is InChI=1S/C22H19NO4S/c1-25-16-9-10-19-18(12-16)20(27-14-15-6-3-2-4-7-15)21(28-19)22(24)23-13-17-8-5-11-26-17/h2-12H,13-14H2,1H3,(H,23,24). The lowest BCUT2D eigenvalue weighted by molar-refractivity contribution is 0.0948. The second-order valence-electron chi connectivity index (χ2n) is 6.16. The smallest absolute Gasteiger partial charge is 0.265 e. The quantitative estimate of drug-likeness (QED) is 0.479. The zero-order valence-electron chi connectivity index (χ0n) is 15.3. The fraction of sp³-hybridized carbons (Fsp3) is 0.136. The number of amides is 1. The molecule has 0 saturated heterocycles. The summed E-state index contributed by atoms with van der Waals surface area (Å²) in [5.41, 5.74) is 1.03. The Balaban J connectivity index is 1.64. The molecule has 0 aliphatic rings. The van der Waals surface area contributed by atoms with Crippen molar-refractivity contribution in [3.63, 3.8) is 0 Å². The summed E-state index contributed by atoms with van der Waals surface area (Å²) in [4.78, 5) is 13.4. The van der Waals surface area contributed by atoms with Gasteiger partial charge in [-0.3, -0.25) is 4.79 Å². The first-order valence-electron chi connectivity index (χ1n) is 8.82. The van der Waals surface area contributed by atoms with E-state index in [1.807, 2.05) is 54.6 Å². The molecule has 0 aliphatic heterocycles. The molecule has 6 heteroatoms. The number of nitrogens with one attached hydrogen (secondary N) is 1. The lowest BCUT2D eigenvalue weighted by atomic mass is 10.2. The Kier molecular flexibility index (Phi) is 5.30. The number of ether oxygens (including phenoxy) is 2. The van der Waals surface area contributed by atoms with Gasteiger partial charge in [0.25, 0.3) is 5.91 Å². The zero-order chi connectivity index (χ0) is 19.3. The minimum Gasteiger partial charge on any atom is -0.497 e. The molecule has 0 unspecified atom stereocenters. The molecule has 0 saturated carbocycles. The van der Waals surface area contributed by atoms with Crippen molar-refractivity contribution in [3.8, 4) is 11.5 Å². The number of hydrogen-bond acceptors (Lipinski definition) is 5. The van der Waals surface area contributed by atoms with Crippen molar-refractivity contribution >= 4 is 27.3 Å². The molecule has 4 aromatic rings. The highest BCUT2D eigenvalue weighted by Crippen LogP contribution is 2.40. The summed E-state index contributed by atoms with van der Waals surface area (Å²) in [6.07, 6.45) is 1.58. The Morgan fingerprint density at radius 2 is 1.96 bits per heavy atom. The normalized spacial score (nSPS) is 10.8. The fourth-order valence-corrected chi connectivity index (χ4v) is 3.91. The van der Waals surface area contributed by atoms with E-state index in [-0.39, 0.29) is 5.91 Å². The van der Waals surface area contributed by atoms with Gasteiger partial charge in [-0.2, -0.15) is 0 Å². The average molecular weight is 393 g/mol. The number of methoxy groups -OCH3 is 1. The van der Waals surface area contributed by atoms with Gasteiger partial charge in [0.15, 0.2) is 5.75 Å². The van der Waals surface area contributed by atoms with Crippen molar-refractivity contribution in [2.24, 2.45) is 0 Å². The first-order chi connectivity index (χ1) is 13.7. The molecule has 2 aromatic heterocycles. The maximum absolute atomic E-state index is 12.8. The van der Waals surface area contributed by atoms with Gasteiger partial charge in [-0.15, -0.1) is 11.3 Å². The summed E-state index contributed by atoms with van der Waals surface area (Å²) >= 11 is 1.40. The number of fused-ring (bicyclic) bond motifs is 1. The highest BCUT2D eigenvalue weighted by Gasteiger charge is 2.21. The first kappa shape index (κ1) is 18.1. The van der Waals surface area contributed by atoms with Crippen LogP contribution in [0.2, 0.25) is 0 Å². The van der Waals surface area contributed by atoms with Crippen LogP contribution in [0, 0.1) is 0 Å². The highest BCUT2D eigenvalue weighted by atomic mass is 32.1. The molecule has 0 fully saturated rings. The number of carbonyl (C=O) groups excluding carboxylic acids is 1. The molecule has 0 bridgehead atoms. The van der Waals surface area contributed by atoms with Gasteiger partial charge >= 0.3 is 0 Å². The topological polar surface area (TPSA) is 60.7 Å². The van der Waals surface area contributed by atoms with Crippen molar-refractivity contribution in [2.75, 3.05) is 7.11 Å². The van der Waals surface area contributed by atoms with E-state index in [9.17, 15) is 4.79 Å². The van der Waals surface area contributed by atoms with E-state index < -0.39 is 0 Å². The molecule has 0 spiro atoms. The molecule has 2 aromatic carbocycles. The van der Waals surface area contributed by atoms with Crippen LogP contribution in [-0.4, -0.2) is 13.0 Å². The van der Waals surface area contributed by atoms with Crippen molar-refractivity contribution in [3.05, 3.63) is 83.1 Å². The van der Waals surface area contributed by atoms with E-state index >= 15 is 0 Å². The van der Waals surface area contributed by atoms with Gasteiger partial charge in [0, 0.05) is 10.1 Å². The van der Waals surface area contributed by atoms with Gasteiger partial charge in [0.1, 0.15) is 23.0 Å². The number of rotatable bonds is 7. The number of benzene rings is 2. The Bertz CT molecular complexity index is 1070. The Morgan fingerprint density at radius 3 is 2.71 bits per heavy atom. The second-order valence-corrected chi connectivity index (χ2v) is 7.21. The third-order valence-electron chi connectivity index (χ3n) is 4.29. The molecule has 2 heterocycles. The predicted octanol–water partition coefficient (Wildman–Crippen LogP) is 5.01. The number of hydrogen-bond donors (Lipinski definition) is 1. The molecular formula is C22H19NO4S. The van der Waals surface area contributed by atoms with E-state index in [4.69, 9.17) is 13.9 Å². The van der Waals surface area contributed by atoms with Gasteiger partial charge in [0.2, 0.25) is 0 Å². The van der Waals surface area contributed by atoms with Crippen molar-refractivity contribution in [1.29, 1.82) is 0 Å². The summed E-state index contributed by atoms with van der Waals surface area (Å²) in [7, 11) is 1.62. The largest absolute Gasteiger partial charge is 0.497 e. The summed E-state index contributed by atoms with van der Waals surface area (Å²) in [6, 6.07) is 19.2.